The smallest absolute Gasteiger partial charge is 0.550 e. The van der Waals surface area contributed by atoms with Crippen molar-refractivity contribution in [1.29, 1.82) is 0 Å². The molecule has 1 radical (unpaired) electrons. The second-order valence-corrected chi connectivity index (χ2v) is 4.91. The largest absolute Gasteiger partial charge is 2.00 e. The van der Waals surface area contributed by atoms with Crippen molar-refractivity contribution in [3.05, 3.63) is 0 Å². The van der Waals surface area contributed by atoms with E-state index in [-0.39, 0.29) is 17.1 Å². The van der Waals surface area contributed by atoms with Gasteiger partial charge in [-0.05, 0) is 0 Å². The molecule has 27 heavy (non-hydrogen) atoms. The van der Waals surface area contributed by atoms with Crippen LogP contribution in [0.2, 0.25) is 0 Å². The second kappa shape index (κ2) is 11.8. The Kier molecular flexibility index (Phi) is 12.7. The SMILES string of the molecule is O=C(O)CC(O)(CC(=O)O)C(=O)O.O=C([O-])CC(O)(CC(=O)[O-])C(=O)O.[Cu+2]. The van der Waals surface area contributed by atoms with Crippen molar-refractivity contribution in [2.75, 3.05) is 0 Å². The summed E-state index contributed by atoms with van der Waals surface area (Å²) in [5.41, 5.74) is -5.60. The van der Waals surface area contributed by atoms with E-state index < -0.39 is 72.7 Å². The van der Waals surface area contributed by atoms with Gasteiger partial charge in [-0.15, -0.1) is 0 Å². The Morgan fingerprint density at radius 2 is 0.815 bits per heavy atom. The summed E-state index contributed by atoms with van der Waals surface area (Å²) in [5.74, 6) is -10.7. The molecule has 0 amide bonds. The molecule has 6 N–H and O–H groups in total. The molecule has 0 atom stereocenters. The summed E-state index contributed by atoms with van der Waals surface area (Å²) in [6.45, 7) is 0. The van der Waals surface area contributed by atoms with E-state index in [2.05, 4.69) is 0 Å². The predicted octanol–water partition coefficient (Wildman–Crippen LogP) is -5.17. The first-order valence-corrected chi connectivity index (χ1v) is 6.30. The molecule has 0 rings (SSSR count). The van der Waals surface area contributed by atoms with Gasteiger partial charge in [0.05, 0.1) is 12.8 Å². The van der Waals surface area contributed by atoms with E-state index in [1.54, 1.807) is 0 Å². The first-order valence-electron chi connectivity index (χ1n) is 6.30. The Balaban J connectivity index is -0.000000411. The summed E-state index contributed by atoms with van der Waals surface area (Å²) in [4.78, 5) is 60.7. The molecule has 0 aromatic carbocycles. The quantitative estimate of drug-likeness (QED) is 0.171. The van der Waals surface area contributed by atoms with Gasteiger partial charge in [0, 0.05) is 24.8 Å². The number of aliphatic carboxylic acids is 6. The van der Waals surface area contributed by atoms with Crippen molar-refractivity contribution in [2.24, 2.45) is 0 Å². The van der Waals surface area contributed by atoms with Crippen LogP contribution >= 0.6 is 0 Å². The zero-order chi connectivity index (χ0) is 21.3. The monoisotopic (exact) mass is 445 g/mol. The molecule has 0 bridgehead atoms. The third-order valence-corrected chi connectivity index (χ3v) is 2.56. The Labute approximate surface area is 160 Å². The molecule has 14 nitrogen and oxygen atoms in total. The van der Waals surface area contributed by atoms with Crippen molar-refractivity contribution in [1.82, 2.24) is 0 Å². The molecule has 0 fully saturated rings. The van der Waals surface area contributed by atoms with Gasteiger partial charge < -0.3 is 50.4 Å². The summed E-state index contributed by atoms with van der Waals surface area (Å²) in [6.07, 6.45) is -4.88. The van der Waals surface area contributed by atoms with Gasteiger partial charge in [0.1, 0.15) is 0 Å². The number of carboxylic acid groups (broad SMARTS) is 6. The van der Waals surface area contributed by atoms with Gasteiger partial charge in [-0.2, -0.15) is 0 Å². The minimum atomic E-state index is -2.86. The van der Waals surface area contributed by atoms with E-state index in [0.29, 0.717) is 0 Å². The summed E-state index contributed by atoms with van der Waals surface area (Å²) in [6, 6.07) is 0. The third kappa shape index (κ3) is 12.3. The van der Waals surface area contributed by atoms with E-state index >= 15 is 0 Å². The minimum Gasteiger partial charge on any atom is -0.550 e. The molecule has 15 heteroatoms. The van der Waals surface area contributed by atoms with E-state index in [0.717, 1.165) is 0 Å². The van der Waals surface area contributed by atoms with Crippen molar-refractivity contribution in [2.45, 2.75) is 36.9 Å². The standard InChI is InChI=1S/2C6H8O7.Cu/c2*7-3(8)1-6(13,5(11)12)2-4(9)10;/h2*13H,1-2H2,(H,7,8)(H,9,10)(H,11,12);/q;;+2/p-2. The van der Waals surface area contributed by atoms with Crippen molar-refractivity contribution in [3.8, 4) is 0 Å². The van der Waals surface area contributed by atoms with Gasteiger partial charge in [-0.25, -0.2) is 9.59 Å². The molecule has 157 valence electrons. The number of carbonyl (C=O) groups excluding carboxylic acids is 2. The molecule has 0 saturated heterocycles. The van der Waals surface area contributed by atoms with Crippen LogP contribution < -0.4 is 10.2 Å². The molecule has 0 aliphatic rings. The normalized spacial score (nSPS) is 10.4. The van der Waals surface area contributed by atoms with E-state index in [4.69, 9.17) is 30.6 Å². The van der Waals surface area contributed by atoms with Crippen LogP contribution in [0.1, 0.15) is 25.7 Å². The maximum atomic E-state index is 10.3. The fraction of sp³-hybridized carbons (Fsp3) is 0.500. The van der Waals surface area contributed by atoms with Crippen molar-refractivity contribution in [3.63, 3.8) is 0 Å². The molecule has 0 aliphatic carbocycles. The average molecular weight is 446 g/mol. The summed E-state index contributed by atoms with van der Waals surface area (Å²) >= 11 is 0. The summed E-state index contributed by atoms with van der Waals surface area (Å²) in [7, 11) is 0. The van der Waals surface area contributed by atoms with Crippen LogP contribution in [0.4, 0.5) is 0 Å². The van der Waals surface area contributed by atoms with Crippen molar-refractivity contribution >= 4 is 35.8 Å². The van der Waals surface area contributed by atoms with Gasteiger partial charge in [0.15, 0.2) is 11.2 Å². The Morgan fingerprint density at radius 1 is 0.593 bits per heavy atom. The van der Waals surface area contributed by atoms with Crippen LogP contribution in [0.15, 0.2) is 0 Å². The number of carbonyl (C=O) groups is 6. The predicted molar refractivity (Wildman–Crippen MR) is 68.9 cm³/mol. The Hall–Kier alpha value is -2.74. The van der Waals surface area contributed by atoms with E-state index in [1.165, 1.54) is 0 Å². The molecular weight excluding hydrogens is 432 g/mol. The van der Waals surface area contributed by atoms with Gasteiger partial charge in [0.25, 0.3) is 0 Å². The summed E-state index contributed by atoms with van der Waals surface area (Å²) < 4.78 is 0. The first-order chi connectivity index (χ1) is 11.6. The third-order valence-electron chi connectivity index (χ3n) is 2.56. The zero-order valence-electron chi connectivity index (χ0n) is 13.1. The Morgan fingerprint density at radius 3 is 0.963 bits per heavy atom. The molecule has 0 saturated carbocycles. The average Bonchev–Trinajstić information content (AvgIpc) is 2.34. The van der Waals surface area contributed by atoms with Gasteiger partial charge in [-0.1, -0.05) is 0 Å². The summed E-state index contributed by atoms with van der Waals surface area (Å²) in [5, 5.41) is 71.0. The number of hydrogen-bond acceptors (Lipinski definition) is 10. The maximum Gasteiger partial charge on any atom is 2.00 e. The van der Waals surface area contributed by atoms with Crippen LogP contribution in [0.25, 0.3) is 0 Å². The second-order valence-electron chi connectivity index (χ2n) is 4.91. The molecular formula is C12H14CuO14. The topological polar surface area (TPSA) is 270 Å². The Bertz CT molecular complexity index is 513. The minimum absolute atomic E-state index is 0. The number of aliphatic hydroxyl groups is 2. The number of rotatable bonds is 10. The fourth-order valence-corrected chi connectivity index (χ4v) is 1.41. The van der Waals surface area contributed by atoms with Crippen molar-refractivity contribution < 1.29 is 86.7 Å². The molecule has 0 aromatic rings. The van der Waals surface area contributed by atoms with E-state index in [9.17, 15) is 39.0 Å². The molecule has 0 spiro atoms. The molecule has 0 heterocycles. The van der Waals surface area contributed by atoms with Gasteiger partial charge in [0.2, 0.25) is 0 Å². The maximum absolute atomic E-state index is 10.3. The molecule has 0 aromatic heterocycles. The van der Waals surface area contributed by atoms with Crippen LogP contribution in [0, 0.1) is 0 Å². The van der Waals surface area contributed by atoms with Crippen LogP contribution in [0.3, 0.4) is 0 Å². The molecule has 0 unspecified atom stereocenters. The van der Waals surface area contributed by atoms with E-state index in [1.807, 2.05) is 0 Å². The number of hydrogen-bond donors (Lipinski definition) is 6. The number of carboxylic acids is 6. The van der Waals surface area contributed by atoms with Crippen LogP contribution in [-0.4, -0.2) is 77.7 Å². The zero-order valence-corrected chi connectivity index (χ0v) is 14.0. The van der Waals surface area contributed by atoms with Crippen LogP contribution in [-0.2, 0) is 45.8 Å². The fourth-order valence-electron chi connectivity index (χ4n) is 1.41. The van der Waals surface area contributed by atoms with Gasteiger partial charge in [-0.3, -0.25) is 9.59 Å². The van der Waals surface area contributed by atoms with Crippen LogP contribution in [0.5, 0.6) is 0 Å². The molecule has 0 aliphatic heterocycles. The van der Waals surface area contributed by atoms with Gasteiger partial charge >= 0.3 is 40.9 Å². The first kappa shape index (κ1) is 29.0.